The van der Waals surface area contributed by atoms with Crippen LogP contribution >= 0.6 is 11.6 Å². The number of fused-ring (bicyclic) bond motifs is 1. The van der Waals surface area contributed by atoms with Crippen molar-refractivity contribution in [3.8, 4) is 0 Å². The molecule has 1 N–H and O–H groups in total. The van der Waals surface area contributed by atoms with Gasteiger partial charge in [0.2, 0.25) is 0 Å². The number of hydrogen-bond donors (Lipinski definition) is 1. The van der Waals surface area contributed by atoms with E-state index in [1.165, 1.54) is 8.61 Å². The van der Waals surface area contributed by atoms with E-state index >= 15 is 0 Å². The van der Waals surface area contributed by atoms with Gasteiger partial charge in [-0.2, -0.15) is 12.7 Å². The van der Waals surface area contributed by atoms with E-state index in [4.69, 9.17) is 18.2 Å². The molecule has 1 heterocycles. The minimum Gasteiger partial charge on any atom is -0.320 e. The molecule has 1 aliphatic heterocycles. The second-order valence-electron chi connectivity index (χ2n) is 6.29. The number of para-hydroxylation sites is 1. The predicted octanol–water partition coefficient (Wildman–Crippen LogP) is 4.09. The first-order chi connectivity index (χ1) is 13.0. The molecule has 0 fully saturated rings. The molecule has 6 nitrogen and oxygen atoms in total. The van der Waals surface area contributed by atoms with Crippen molar-refractivity contribution in [2.45, 2.75) is 19.4 Å². The SMILES string of the molecule is [C-]#[N+]c1ccc2c(c1)CN(CCCCNC)S(=O)(=O)N2c1ccccc1Cl. The molecule has 27 heavy (non-hydrogen) atoms. The topological polar surface area (TPSA) is 57.0 Å². The molecule has 0 aliphatic carbocycles. The molecule has 0 saturated carbocycles. The third kappa shape index (κ3) is 3.94. The summed E-state index contributed by atoms with van der Waals surface area (Å²) in [6, 6.07) is 12.0. The molecular formula is C19H21ClN4O2S. The van der Waals surface area contributed by atoms with Gasteiger partial charge in [-0.3, -0.25) is 0 Å². The summed E-state index contributed by atoms with van der Waals surface area (Å²) < 4.78 is 29.5. The highest BCUT2D eigenvalue weighted by molar-refractivity contribution is 7.91. The molecule has 0 bridgehead atoms. The number of nitrogens with one attached hydrogen (secondary N) is 1. The van der Waals surface area contributed by atoms with Crippen LogP contribution in [0.3, 0.4) is 0 Å². The maximum atomic E-state index is 13.4. The fourth-order valence-corrected chi connectivity index (χ4v) is 5.13. The van der Waals surface area contributed by atoms with Crippen molar-refractivity contribution in [2.75, 3.05) is 24.4 Å². The zero-order chi connectivity index (χ0) is 19.4. The first-order valence-corrected chi connectivity index (χ1v) is 10.5. The Kier molecular flexibility index (Phi) is 6.02. The van der Waals surface area contributed by atoms with Crippen LogP contribution in [-0.2, 0) is 16.8 Å². The number of nitrogens with zero attached hydrogens (tertiary/aromatic N) is 3. The minimum atomic E-state index is -3.78. The maximum absolute atomic E-state index is 13.4. The molecule has 2 aromatic carbocycles. The number of halogens is 1. The molecule has 2 aromatic rings. The second kappa shape index (κ2) is 8.28. The molecule has 0 spiro atoms. The quantitative estimate of drug-likeness (QED) is 0.582. The van der Waals surface area contributed by atoms with E-state index in [1.807, 2.05) is 7.05 Å². The van der Waals surface area contributed by atoms with Gasteiger partial charge in [0.1, 0.15) is 0 Å². The molecule has 0 unspecified atom stereocenters. The fourth-order valence-electron chi connectivity index (χ4n) is 3.13. The first kappa shape index (κ1) is 19.6. The van der Waals surface area contributed by atoms with Gasteiger partial charge in [0.25, 0.3) is 0 Å². The van der Waals surface area contributed by atoms with Crippen molar-refractivity contribution >= 4 is 38.9 Å². The lowest BCUT2D eigenvalue weighted by molar-refractivity contribution is 0.389. The van der Waals surface area contributed by atoms with Gasteiger partial charge >= 0.3 is 10.2 Å². The highest BCUT2D eigenvalue weighted by Gasteiger charge is 2.38. The van der Waals surface area contributed by atoms with Crippen molar-refractivity contribution in [2.24, 2.45) is 0 Å². The third-order valence-electron chi connectivity index (χ3n) is 4.47. The Balaban J connectivity index is 2.07. The Labute approximate surface area is 165 Å². The molecule has 8 heteroatoms. The summed E-state index contributed by atoms with van der Waals surface area (Å²) in [5, 5.41) is 3.43. The van der Waals surface area contributed by atoms with Crippen LogP contribution in [0, 0.1) is 6.57 Å². The Morgan fingerprint density at radius 2 is 1.96 bits per heavy atom. The Morgan fingerprint density at radius 1 is 1.19 bits per heavy atom. The number of unbranched alkanes of at least 4 members (excludes halogenated alkanes) is 1. The van der Waals surface area contributed by atoms with Gasteiger partial charge in [0.05, 0.1) is 23.0 Å². The van der Waals surface area contributed by atoms with Crippen LogP contribution in [0.1, 0.15) is 18.4 Å². The fraction of sp³-hybridized carbons (Fsp3) is 0.316. The summed E-state index contributed by atoms with van der Waals surface area (Å²) in [7, 11) is -1.90. The van der Waals surface area contributed by atoms with E-state index in [-0.39, 0.29) is 6.54 Å². The summed E-state index contributed by atoms with van der Waals surface area (Å²) in [5.74, 6) is 0. The lowest BCUT2D eigenvalue weighted by Gasteiger charge is -2.37. The normalized spacial score (nSPS) is 16.0. The monoisotopic (exact) mass is 404 g/mol. The van der Waals surface area contributed by atoms with Crippen LogP contribution in [-0.4, -0.2) is 32.9 Å². The zero-order valence-electron chi connectivity index (χ0n) is 15.0. The molecule has 0 amide bonds. The highest BCUT2D eigenvalue weighted by atomic mass is 35.5. The summed E-state index contributed by atoms with van der Waals surface area (Å²) in [6.07, 6.45) is 1.62. The van der Waals surface area contributed by atoms with E-state index in [1.54, 1.807) is 42.5 Å². The lowest BCUT2D eigenvalue weighted by atomic mass is 10.1. The first-order valence-electron chi connectivity index (χ1n) is 8.69. The van der Waals surface area contributed by atoms with Crippen molar-refractivity contribution in [3.05, 3.63) is 64.5 Å². The van der Waals surface area contributed by atoms with Gasteiger partial charge in [0.15, 0.2) is 5.69 Å². The van der Waals surface area contributed by atoms with E-state index in [0.717, 1.165) is 24.9 Å². The van der Waals surface area contributed by atoms with Crippen molar-refractivity contribution in [1.29, 1.82) is 0 Å². The molecule has 3 rings (SSSR count). The smallest absolute Gasteiger partial charge is 0.308 e. The van der Waals surface area contributed by atoms with Gasteiger partial charge < -0.3 is 5.32 Å². The standard InChI is InChI=1S/C19H21ClN4O2S/c1-21-11-5-6-12-23-14-15-13-16(22-2)9-10-18(15)24(27(23,25)26)19-8-4-3-7-17(19)20/h3-4,7-10,13,21H,5-6,11-12,14H2,1H3. The summed E-state index contributed by atoms with van der Waals surface area (Å²) in [4.78, 5) is 3.47. The van der Waals surface area contributed by atoms with E-state index in [0.29, 0.717) is 28.6 Å². The molecule has 0 saturated heterocycles. The van der Waals surface area contributed by atoms with E-state index in [2.05, 4.69) is 10.2 Å². The lowest BCUT2D eigenvalue weighted by Crippen LogP contribution is -2.45. The average molecular weight is 405 g/mol. The molecule has 142 valence electrons. The summed E-state index contributed by atoms with van der Waals surface area (Å²) >= 11 is 6.32. The van der Waals surface area contributed by atoms with Crippen LogP contribution in [0.5, 0.6) is 0 Å². The maximum Gasteiger partial charge on any atom is 0.308 e. The zero-order valence-corrected chi connectivity index (χ0v) is 16.6. The van der Waals surface area contributed by atoms with E-state index < -0.39 is 10.2 Å². The molecule has 0 radical (unpaired) electrons. The molecular weight excluding hydrogens is 384 g/mol. The van der Waals surface area contributed by atoms with Gasteiger partial charge in [-0.05, 0) is 56.3 Å². The van der Waals surface area contributed by atoms with Crippen LogP contribution in [0.15, 0.2) is 42.5 Å². The predicted molar refractivity (Wildman–Crippen MR) is 109 cm³/mol. The Hall–Kier alpha value is -2.11. The van der Waals surface area contributed by atoms with Crippen molar-refractivity contribution in [3.63, 3.8) is 0 Å². The van der Waals surface area contributed by atoms with Crippen molar-refractivity contribution < 1.29 is 8.42 Å². The van der Waals surface area contributed by atoms with Gasteiger partial charge in [-0.25, -0.2) is 9.15 Å². The van der Waals surface area contributed by atoms with Crippen LogP contribution < -0.4 is 9.62 Å². The number of hydrogen-bond acceptors (Lipinski definition) is 3. The van der Waals surface area contributed by atoms with E-state index in [9.17, 15) is 8.42 Å². The Bertz CT molecular complexity index is 972. The third-order valence-corrected chi connectivity index (χ3v) is 6.61. The average Bonchev–Trinajstić information content (AvgIpc) is 2.66. The van der Waals surface area contributed by atoms with Gasteiger partial charge in [-0.1, -0.05) is 29.8 Å². The summed E-state index contributed by atoms with van der Waals surface area (Å²) in [5.41, 5.74) is 2.24. The number of anilines is 2. The van der Waals surface area contributed by atoms with Gasteiger partial charge in [-0.15, -0.1) is 0 Å². The van der Waals surface area contributed by atoms with Crippen LogP contribution in [0.25, 0.3) is 4.85 Å². The second-order valence-corrected chi connectivity index (χ2v) is 8.48. The van der Waals surface area contributed by atoms with Crippen molar-refractivity contribution in [1.82, 2.24) is 9.62 Å². The van der Waals surface area contributed by atoms with Crippen LogP contribution in [0.2, 0.25) is 5.02 Å². The number of rotatable bonds is 6. The van der Waals surface area contributed by atoms with Crippen LogP contribution in [0.4, 0.5) is 17.1 Å². The molecule has 0 aromatic heterocycles. The molecule has 0 atom stereocenters. The summed E-state index contributed by atoms with van der Waals surface area (Å²) in [6.45, 7) is 8.74. The largest absolute Gasteiger partial charge is 0.320 e. The minimum absolute atomic E-state index is 0.252. The number of benzene rings is 2. The highest BCUT2D eigenvalue weighted by Crippen LogP contribution is 2.42. The van der Waals surface area contributed by atoms with Gasteiger partial charge in [0, 0.05) is 13.1 Å². The molecule has 1 aliphatic rings. The Morgan fingerprint density at radius 3 is 2.67 bits per heavy atom.